The highest BCUT2D eigenvalue weighted by Gasteiger charge is 2.14. The number of hydrogen-bond donors (Lipinski definition) is 1. The fourth-order valence-electron chi connectivity index (χ4n) is 1.29. The topological polar surface area (TPSA) is 43.8 Å². The molecule has 1 aliphatic heterocycles. The van der Waals surface area contributed by atoms with Crippen LogP contribution in [0.4, 0.5) is 0 Å². The summed E-state index contributed by atoms with van der Waals surface area (Å²) in [4.78, 5) is 10.0. The normalized spacial score (nSPS) is 20.5. The van der Waals surface area contributed by atoms with Crippen LogP contribution < -0.4 is 0 Å². The standard InChI is InChI=1S/C7H14N2O2/c10-7-6-9(11)8-4-2-1-3-5-8/h7,11H,1-6H2. The minimum atomic E-state index is 0.0833. The average Bonchev–Trinajstić information content (AvgIpc) is 2.07. The molecule has 0 bridgehead atoms. The van der Waals surface area contributed by atoms with E-state index < -0.39 is 0 Å². The molecule has 1 heterocycles. The first-order valence-corrected chi connectivity index (χ1v) is 3.99. The van der Waals surface area contributed by atoms with Crippen LogP contribution in [0.1, 0.15) is 19.3 Å². The lowest BCUT2D eigenvalue weighted by molar-refractivity contribution is -0.245. The van der Waals surface area contributed by atoms with Crippen LogP contribution in [0.15, 0.2) is 0 Å². The number of hydrogen-bond acceptors (Lipinski definition) is 4. The van der Waals surface area contributed by atoms with Gasteiger partial charge in [-0.15, -0.1) is 5.17 Å². The van der Waals surface area contributed by atoms with E-state index in [-0.39, 0.29) is 6.54 Å². The highest BCUT2D eigenvalue weighted by Crippen LogP contribution is 2.09. The predicted molar refractivity (Wildman–Crippen MR) is 40.0 cm³/mol. The first-order chi connectivity index (χ1) is 5.34. The summed E-state index contributed by atoms with van der Waals surface area (Å²) >= 11 is 0. The number of nitrogens with zero attached hydrogens (tertiary/aromatic N) is 2. The summed E-state index contributed by atoms with van der Waals surface area (Å²) in [5.41, 5.74) is 0. The second-order valence-electron chi connectivity index (χ2n) is 2.74. The van der Waals surface area contributed by atoms with Crippen molar-refractivity contribution in [3.8, 4) is 0 Å². The van der Waals surface area contributed by atoms with Gasteiger partial charge < -0.3 is 4.79 Å². The molecule has 4 heteroatoms. The molecule has 0 aromatic rings. The van der Waals surface area contributed by atoms with E-state index in [9.17, 15) is 10.0 Å². The van der Waals surface area contributed by atoms with Gasteiger partial charge in [-0.2, -0.15) is 0 Å². The van der Waals surface area contributed by atoms with Gasteiger partial charge in [-0.25, -0.2) is 5.01 Å². The fraction of sp³-hybridized carbons (Fsp3) is 0.857. The molecule has 0 unspecified atom stereocenters. The van der Waals surface area contributed by atoms with E-state index >= 15 is 0 Å². The van der Waals surface area contributed by atoms with Crippen molar-refractivity contribution in [3.05, 3.63) is 0 Å². The van der Waals surface area contributed by atoms with Gasteiger partial charge in [0.05, 0.1) is 6.54 Å². The van der Waals surface area contributed by atoms with Gasteiger partial charge in [0.25, 0.3) is 0 Å². The van der Waals surface area contributed by atoms with Crippen LogP contribution in [0.3, 0.4) is 0 Å². The van der Waals surface area contributed by atoms with Gasteiger partial charge in [0.1, 0.15) is 6.29 Å². The minimum Gasteiger partial charge on any atom is -0.302 e. The molecule has 0 aromatic carbocycles. The summed E-state index contributed by atoms with van der Waals surface area (Å²) in [6, 6.07) is 0. The number of rotatable bonds is 3. The molecule has 0 radical (unpaired) electrons. The quantitative estimate of drug-likeness (QED) is 0.473. The van der Waals surface area contributed by atoms with Gasteiger partial charge in [0.2, 0.25) is 0 Å². The molecule has 1 saturated heterocycles. The summed E-state index contributed by atoms with van der Waals surface area (Å²) in [6.07, 6.45) is 4.14. The van der Waals surface area contributed by atoms with E-state index in [1.165, 1.54) is 6.42 Å². The second kappa shape index (κ2) is 4.43. The van der Waals surface area contributed by atoms with E-state index in [4.69, 9.17) is 0 Å². The van der Waals surface area contributed by atoms with Crippen LogP contribution in [-0.2, 0) is 4.79 Å². The van der Waals surface area contributed by atoms with Crippen LogP contribution in [0.25, 0.3) is 0 Å². The van der Waals surface area contributed by atoms with Crippen molar-refractivity contribution >= 4 is 6.29 Å². The molecule has 1 rings (SSSR count). The SMILES string of the molecule is O=CCN(O)N1CCCCC1. The number of aldehydes is 1. The molecular weight excluding hydrogens is 144 g/mol. The Hall–Kier alpha value is -0.450. The predicted octanol–water partition coefficient (Wildman–Crippen LogP) is 0.277. The first kappa shape index (κ1) is 8.64. The summed E-state index contributed by atoms with van der Waals surface area (Å²) in [5, 5.41) is 12.0. The monoisotopic (exact) mass is 158 g/mol. The van der Waals surface area contributed by atoms with Crippen LogP contribution in [0.5, 0.6) is 0 Å². The maximum Gasteiger partial charge on any atom is 0.137 e. The molecular formula is C7H14N2O2. The number of piperidine rings is 1. The van der Waals surface area contributed by atoms with Gasteiger partial charge >= 0.3 is 0 Å². The Morgan fingerprint density at radius 2 is 2.00 bits per heavy atom. The van der Waals surface area contributed by atoms with Gasteiger partial charge in [-0.3, -0.25) is 5.21 Å². The molecule has 0 aromatic heterocycles. The van der Waals surface area contributed by atoms with Gasteiger partial charge in [-0.05, 0) is 12.8 Å². The molecule has 0 atom stereocenters. The molecule has 0 spiro atoms. The molecule has 1 aliphatic rings. The van der Waals surface area contributed by atoms with Crippen LogP contribution in [-0.4, -0.2) is 41.3 Å². The van der Waals surface area contributed by atoms with Crippen molar-refractivity contribution in [2.45, 2.75) is 19.3 Å². The van der Waals surface area contributed by atoms with Gasteiger partial charge in [0.15, 0.2) is 0 Å². The van der Waals surface area contributed by atoms with E-state index in [2.05, 4.69) is 0 Å². The van der Waals surface area contributed by atoms with Crippen molar-refractivity contribution in [1.82, 2.24) is 10.2 Å². The smallest absolute Gasteiger partial charge is 0.137 e. The third-order valence-electron chi connectivity index (χ3n) is 1.90. The van der Waals surface area contributed by atoms with E-state index in [0.717, 1.165) is 31.1 Å². The van der Waals surface area contributed by atoms with Gasteiger partial charge in [0, 0.05) is 13.1 Å². The molecule has 11 heavy (non-hydrogen) atoms. The number of hydroxylamine groups is 1. The minimum absolute atomic E-state index is 0.0833. The number of hydrazine groups is 1. The Labute approximate surface area is 66.3 Å². The molecule has 0 saturated carbocycles. The summed E-state index contributed by atoms with van der Waals surface area (Å²) in [7, 11) is 0. The lowest BCUT2D eigenvalue weighted by Crippen LogP contribution is -2.44. The number of carbonyl (C=O) groups is 1. The zero-order valence-corrected chi connectivity index (χ0v) is 6.57. The maximum atomic E-state index is 10.0. The number of carbonyl (C=O) groups excluding carboxylic acids is 1. The Bertz CT molecular complexity index is 124. The Kier molecular flexibility index (Phi) is 3.48. The van der Waals surface area contributed by atoms with Crippen molar-refractivity contribution in [3.63, 3.8) is 0 Å². The van der Waals surface area contributed by atoms with Crippen molar-refractivity contribution in [2.75, 3.05) is 19.6 Å². The van der Waals surface area contributed by atoms with Crippen molar-refractivity contribution in [1.29, 1.82) is 0 Å². The summed E-state index contributed by atoms with van der Waals surface area (Å²) in [5.74, 6) is 0. The second-order valence-corrected chi connectivity index (χ2v) is 2.74. The zero-order chi connectivity index (χ0) is 8.10. The lowest BCUT2D eigenvalue weighted by atomic mass is 10.2. The average molecular weight is 158 g/mol. The molecule has 1 N–H and O–H groups in total. The summed E-state index contributed by atoms with van der Waals surface area (Å²) in [6.45, 7) is 1.81. The van der Waals surface area contributed by atoms with Crippen LogP contribution in [0.2, 0.25) is 0 Å². The third kappa shape index (κ3) is 2.57. The Morgan fingerprint density at radius 3 is 2.55 bits per heavy atom. The molecule has 4 nitrogen and oxygen atoms in total. The largest absolute Gasteiger partial charge is 0.302 e. The molecule has 1 fully saturated rings. The maximum absolute atomic E-state index is 10.0. The molecule has 64 valence electrons. The summed E-state index contributed by atoms with van der Waals surface area (Å²) < 4.78 is 0. The Morgan fingerprint density at radius 1 is 1.36 bits per heavy atom. The van der Waals surface area contributed by atoms with E-state index in [0.29, 0.717) is 6.29 Å². The van der Waals surface area contributed by atoms with Crippen LogP contribution in [0, 0.1) is 0 Å². The fourth-order valence-corrected chi connectivity index (χ4v) is 1.29. The van der Waals surface area contributed by atoms with E-state index in [1.807, 2.05) is 0 Å². The van der Waals surface area contributed by atoms with Gasteiger partial charge in [-0.1, -0.05) is 6.42 Å². The van der Waals surface area contributed by atoms with Crippen LogP contribution >= 0.6 is 0 Å². The highest BCUT2D eigenvalue weighted by molar-refractivity contribution is 5.51. The zero-order valence-electron chi connectivity index (χ0n) is 6.57. The molecule has 0 aliphatic carbocycles. The van der Waals surface area contributed by atoms with Crippen molar-refractivity contribution in [2.24, 2.45) is 0 Å². The first-order valence-electron chi connectivity index (χ1n) is 3.99. The lowest BCUT2D eigenvalue weighted by Gasteiger charge is -2.31. The van der Waals surface area contributed by atoms with Crippen molar-refractivity contribution < 1.29 is 10.0 Å². The Balaban J connectivity index is 2.26. The highest BCUT2D eigenvalue weighted by atomic mass is 16.5. The van der Waals surface area contributed by atoms with E-state index in [1.54, 1.807) is 5.01 Å². The molecule has 0 amide bonds. The third-order valence-corrected chi connectivity index (χ3v) is 1.90.